The summed E-state index contributed by atoms with van der Waals surface area (Å²) in [7, 11) is 2.19. The van der Waals surface area contributed by atoms with E-state index in [9.17, 15) is 0 Å². The first-order valence-electron chi connectivity index (χ1n) is 6.93. The molecule has 3 N–H and O–H groups in total. The quantitative estimate of drug-likeness (QED) is 0.886. The number of benzene rings is 1. The second kappa shape index (κ2) is 5.58. The molecule has 3 rings (SSSR count). The van der Waals surface area contributed by atoms with Crippen LogP contribution in [-0.2, 0) is 0 Å². The molecule has 2 aromatic rings. The molecule has 1 aliphatic heterocycles. The lowest BCUT2D eigenvalue weighted by molar-refractivity contribution is 0.255. The third-order valence-electron chi connectivity index (χ3n) is 4.07. The predicted octanol–water partition coefficient (Wildman–Crippen LogP) is 3.23. The van der Waals surface area contributed by atoms with E-state index in [1.165, 1.54) is 36.0 Å². The van der Waals surface area contributed by atoms with Crippen LogP contribution in [0.15, 0.2) is 28.7 Å². The summed E-state index contributed by atoms with van der Waals surface area (Å²) in [5.41, 5.74) is 9.13. The van der Waals surface area contributed by atoms with Crippen molar-refractivity contribution >= 4 is 21.7 Å². The number of nitrogens with zero attached hydrogens (tertiary/aromatic N) is 2. The number of likely N-dealkylation sites (tertiary alicyclic amines) is 1. The Morgan fingerprint density at radius 2 is 2.05 bits per heavy atom. The van der Waals surface area contributed by atoms with Crippen LogP contribution in [0.2, 0.25) is 0 Å². The number of rotatable bonds is 2. The van der Waals surface area contributed by atoms with Gasteiger partial charge in [-0.15, -0.1) is 0 Å². The van der Waals surface area contributed by atoms with Crippen LogP contribution in [0.4, 0.5) is 5.82 Å². The molecule has 2 heterocycles. The molecule has 0 aliphatic carbocycles. The minimum absolute atomic E-state index is 0.524. The van der Waals surface area contributed by atoms with Crippen molar-refractivity contribution in [2.45, 2.75) is 18.8 Å². The first-order chi connectivity index (χ1) is 9.63. The van der Waals surface area contributed by atoms with E-state index in [0.717, 1.165) is 11.3 Å². The maximum atomic E-state index is 5.66. The van der Waals surface area contributed by atoms with Crippen LogP contribution in [0.25, 0.3) is 11.3 Å². The number of aromatic nitrogens is 2. The van der Waals surface area contributed by atoms with Crippen molar-refractivity contribution in [2.24, 2.45) is 0 Å². The Balaban J connectivity index is 1.84. The number of nitrogens with one attached hydrogen (secondary N) is 1. The van der Waals surface area contributed by atoms with Gasteiger partial charge in [-0.05, 0) is 50.5 Å². The fourth-order valence-electron chi connectivity index (χ4n) is 2.83. The van der Waals surface area contributed by atoms with Gasteiger partial charge in [0, 0.05) is 16.1 Å². The number of H-pyrrole nitrogens is 1. The average molecular weight is 335 g/mol. The highest BCUT2D eigenvalue weighted by Crippen LogP contribution is 2.35. The van der Waals surface area contributed by atoms with Crippen molar-refractivity contribution in [1.29, 1.82) is 0 Å². The third kappa shape index (κ3) is 2.74. The molecule has 106 valence electrons. The normalized spacial score (nSPS) is 17.5. The zero-order valence-corrected chi connectivity index (χ0v) is 13.2. The Kier molecular flexibility index (Phi) is 3.81. The maximum Gasteiger partial charge on any atom is 0.145 e. The van der Waals surface area contributed by atoms with Gasteiger partial charge in [-0.25, -0.2) is 0 Å². The number of halogens is 1. The lowest BCUT2D eigenvalue weighted by Gasteiger charge is -2.29. The summed E-state index contributed by atoms with van der Waals surface area (Å²) < 4.78 is 1.18. The van der Waals surface area contributed by atoms with Crippen LogP contribution in [0, 0.1) is 0 Å². The van der Waals surface area contributed by atoms with Crippen molar-refractivity contribution in [3.05, 3.63) is 34.3 Å². The van der Waals surface area contributed by atoms with E-state index in [1.54, 1.807) is 0 Å². The van der Waals surface area contributed by atoms with Crippen LogP contribution in [0.5, 0.6) is 0 Å². The Labute approximate surface area is 127 Å². The molecule has 20 heavy (non-hydrogen) atoms. The van der Waals surface area contributed by atoms with Gasteiger partial charge in [0.15, 0.2) is 0 Å². The van der Waals surface area contributed by atoms with Gasteiger partial charge in [0.25, 0.3) is 0 Å². The van der Waals surface area contributed by atoms with Gasteiger partial charge in [0.1, 0.15) is 5.82 Å². The molecule has 0 unspecified atom stereocenters. The Hall–Kier alpha value is -1.33. The zero-order chi connectivity index (χ0) is 14.1. The van der Waals surface area contributed by atoms with E-state index in [4.69, 9.17) is 5.73 Å². The van der Waals surface area contributed by atoms with E-state index in [0.29, 0.717) is 11.7 Å². The molecule has 0 spiro atoms. The fourth-order valence-corrected chi connectivity index (χ4v) is 3.53. The second-order valence-electron chi connectivity index (χ2n) is 5.52. The lowest BCUT2D eigenvalue weighted by Crippen LogP contribution is -2.29. The molecule has 1 saturated heterocycles. The van der Waals surface area contributed by atoms with E-state index >= 15 is 0 Å². The molecular formula is C15H19BrN4. The molecule has 1 aromatic carbocycles. The van der Waals surface area contributed by atoms with Crippen LogP contribution in [0.1, 0.15) is 24.3 Å². The average Bonchev–Trinajstić information content (AvgIpc) is 2.87. The van der Waals surface area contributed by atoms with Gasteiger partial charge >= 0.3 is 0 Å². The SMILES string of the molecule is CN1CCC(c2ccc(-c3cc(N)n[nH]3)cc2Br)CC1. The molecule has 1 fully saturated rings. The fraction of sp³-hybridized carbons (Fsp3) is 0.400. The third-order valence-corrected chi connectivity index (χ3v) is 4.75. The molecule has 0 radical (unpaired) electrons. The summed E-state index contributed by atoms with van der Waals surface area (Å²) in [5.74, 6) is 1.18. The largest absolute Gasteiger partial charge is 0.382 e. The topological polar surface area (TPSA) is 57.9 Å². The minimum Gasteiger partial charge on any atom is -0.382 e. The summed E-state index contributed by atoms with van der Waals surface area (Å²) >= 11 is 3.72. The van der Waals surface area contributed by atoms with E-state index in [2.05, 4.69) is 56.3 Å². The van der Waals surface area contributed by atoms with Crippen molar-refractivity contribution in [3.63, 3.8) is 0 Å². The van der Waals surface area contributed by atoms with Crippen molar-refractivity contribution in [3.8, 4) is 11.3 Å². The first-order valence-corrected chi connectivity index (χ1v) is 7.72. The van der Waals surface area contributed by atoms with Crippen LogP contribution in [-0.4, -0.2) is 35.2 Å². The number of hydrogen-bond acceptors (Lipinski definition) is 3. The van der Waals surface area contributed by atoms with Gasteiger partial charge in [-0.1, -0.05) is 28.1 Å². The van der Waals surface area contributed by atoms with Gasteiger partial charge in [-0.2, -0.15) is 5.10 Å². The molecular weight excluding hydrogens is 316 g/mol. The van der Waals surface area contributed by atoms with Crippen molar-refractivity contribution in [2.75, 3.05) is 25.9 Å². The molecule has 0 amide bonds. The Bertz CT molecular complexity index is 600. The summed E-state index contributed by atoms with van der Waals surface area (Å²) in [5, 5.41) is 6.93. The van der Waals surface area contributed by atoms with Gasteiger partial charge in [0.05, 0.1) is 5.69 Å². The number of anilines is 1. The van der Waals surface area contributed by atoms with Crippen LogP contribution >= 0.6 is 15.9 Å². The smallest absolute Gasteiger partial charge is 0.145 e. The van der Waals surface area contributed by atoms with Crippen LogP contribution < -0.4 is 5.73 Å². The predicted molar refractivity (Wildman–Crippen MR) is 85.6 cm³/mol. The van der Waals surface area contributed by atoms with Gasteiger partial charge < -0.3 is 10.6 Å². The zero-order valence-electron chi connectivity index (χ0n) is 11.6. The van der Waals surface area contributed by atoms with Gasteiger partial charge in [-0.3, -0.25) is 5.10 Å². The molecule has 4 nitrogen and oxygen atoms in total. The van der Waals surface area contributed by atoms with E-state index in [1.807, 2.05) is 6.07 Å². The van der Waals surface area contributed by atoms with Crippen molar-refractivity contribution in [1.82, 2.24) is 15.1 Å². The molecule has 0 bridgehead atoms. The summed E-state index contributed by atoms with van der Waals surface area (Å²) in [4.78, 5) is 2.39. The second-order valence-corrected chi connectivity index (χ2v) is 6.37. The minimum atomic E-state index is 0.524. The summed E-state index contributed by atoms with van der Waals surface area (Å²) in [6.45, 7) is 2.35. The molecule has 5 heteroatoms. The number of nitrogens with two attached hydrogens (primary N) is 1. The Morgan fingerprint density at radius 3 is 2.65 bits per heavy atom. The summed E-state index contributed by atoms with van der Waals surface area (Å²) in [6, 6.07) is 8.38. The van der Waals surface area contributed by atoms with Gasteiger partial charge in [0.2, 0.25) is 0 Å². The van der Waals surface area contributed by atoms with E-state index < -0.39 is 0 Å². The molecule has 0 atom stereocenters. The highest BCUT2D eigenvalue weighted by molar-refractivity contribution is 9.10. The number of piperidine rings is 1. The standard InChI is InChI=1S/C15H19BrN4/c1-20-6-4-10(5-7-20)12-3-2-11(8-13(12)16)14-9-15(17)19-18-14/h2-3,8-10H,4-7H2,1H3,(H3,17,18,19). The number of hydrogen-bond donors (Lipinski definition) is 2. The van der Waals surface area contributed by atoms with Crippen LogP contribution in [0.3, 0.4) is 0 Å². The first kappa shape index (κ1) is 13.6. The number of aromatic amines is 1. The highest BCUT2D eigenvalue weighted by Gasteiger charge is 2.20. The van der Waals surface area contributed by atoms with Crippen molar-refractivity contribution < 1.29 is 0 Å². The molecule has 0 saturated carbocycles. The number of nitrogen functional groups attached to an aromatic ring is 1. The monoisotopic (exact) mass is 334 g/mol. The lowest BCUT2D eigenvalue weighted by atomic mass is 9.89. The van der Waals surface area contributed by atoms with E-state index in [-0.39, 0.29) is 0 Å². The maximum absolute atomic E-state index is 5.66. The summed E-state index contributed by atoms with van der Waals surface area (Å²) in [6.07, 6.45) is 2.46. The molecule has 1 aliphatic rings. The Morgan fingerprint density at radius 1 is 1.30 bits per heavy atom. The molecule has 1 aromatic heterocycles. The highest BCUT2D eigenvalue weighted by atomic mass is 79.9.